The summed E-state index contributed by atoms with van der Waals surface area (Å²) in [7, 11) is 0. The second-order valence-corrected chi connectivity index (χ2v) is 5.03. The zero-order valence-electron chi connectivity index (χ0n) is 9.27. The lowest BCUT2D eigenvalue weighted by Gasteiger charge is -2.18. The predicted molar refractivity (Wildman–Crippen MR) is 60.6 cm³/mol. The molecule has 0 aliphatic carbocycles. The number of hydrogen-bond acceptors (Lipinski definition) is 5. The maximum absolute atomic E-state index is 11.5. The van der Waals surface area contributed by atoms with Crippen molar-refractivity contribution in [3.8, 4) is 0 Å². The quantitative estimate of drug-likeness (QED) is 0.802. The van der Waals surface area contributed by atoms with Crippen LogP contribution in [0.2, 0.25) is 0 Å². The van der Waals surface area contributed by atoms with E-state index in [1.165, 1.54) is 17.8 Å². The summed E-state index contributed by atoms with van der Waals surface area (Å²) in [5.74, 6) is -0.976. The van der Waals surface area contributed by atoms with Crippen molar-refractivity contribution in [2.75, 3.05) is 5.32 Å². The SMILES string of the molecule is Cc1nnc(NC(=O)[CH]C(C)(C)C(N)=O)s1. The third-order valence-electron chi connectivity index (χ3n) is 1.88. The van der Waals surface area contributed by atoms with Crippen molar-refractivity contribution in [3.05, 3.63) is 11.4 Å². The van der Waals surface area contributed by atoms with E-state index in [4.69, 9.17) is 5.73 Å². The highest BCUT2D eigenvalue weighted by Crippen LogP contribution is 2.20. The van der Waals surface area contributed by atoms with Crippen LogP contribution in [0.4, 0.5) is 5.13 Å². The maximum Gasteiger partial charge on any atom is 0.231 e. The summed E-state index contributed by atoms with van der Waals surface area (Å²) in [4.78, 5) is 22.5. The second-order valence-electron chi connectivity index (χ2n) is 3.85. The number of carbonyl (C=O) groups is 2. The third-order valence-corrected chi connectivity index (χ3v) is 2.64. The van der Waals surface area contributed by atoms with E-state index in [2.05, 4.69) is 15.5 Å². The molecule has 0 aromatic carbocycles. The first-order valence-electron chi connectivity index (χ1n) is 4.58. The number of hydrogen-bond donors (Lipinski definition) is 2. The van der Waals surface area contributed by atoms with Gasteiger partial charge in [0.05, 0.1) is 11.8 Å². The summed E-state index contributed by atoms with van der Waals surface area (Å²) >= 11 is 1.26. The van der Waals surface area contributed by atoms with Gasteiger partial charge in [0.25, 0.3) is 0 Å². The van der Waals surface area contributed by atoms with Crippen molar-refractivity contribution in [1.29, 1.82) is 0 Å². The first kappa shape index (κ1) is 12.6. The van der Waals surface area contributed by atoms with Gasteiger partial charge in [-0.2, -0.15) is 0 Å². The maximum atomic E-state index is 11.5. The standard InChI is InChI=1S/C9H13N4O2S/c1-5-12-13-8(16-5)11-6(14)4-9(2,3)7(10)15/h4H,1-3H3,(H2,10,15)(H,11,13,14). The Morgan fingerprint density at radius 1 is 1.44 bits per heavy atom. The Morgan fingerprint density at radius 2 is 2.06 bits per heavy atom. The lowest BCUT2D eigenvalue weighted by molar-refractivity contribution is -0.127. The minimum atomic E-state index is -0.982. The fourth-order valence-electron chi connectivity index (χ4n) is 0.887. The molecule has 2 amide bonds. The van der Waals surface area contributed by atoms with Crippen LogP contribution in [-0.4, -0.2) is 22.0 Å². The number of nitrogens with zero attached hydrogens (tertiary/aromatic N) is 2. The van der Waals surface area contributed by atoms with Crippen molar-refractivity contribution in [2.45, 2.75) is 20.8 Å². The van der Waals surface area contributed by atoms with Crippen molar-refractivity contribution >= 4 is 28.3 Å². The highest BCUT2D eigenvalue weighted by molar-refractivity contribution is 7.15. The minimum Gasteiger partial charge on any atom is -0.369 e. The summed E-state index contributed by atoms with van der Waals surface area (Å²) in [6.07, 6.45) is 1.23. The Balaban J connectivity index is 2.58. The van der Waals surface area contributed by atoms with Crippen LogP contribution in [0, 0.1) is 18.8 Å². The predicted octanol–water partition coefficient (Wildman–Crippen LogP) is 0.501. The summed E-state index contributed by atoms with van der Waals surface area (Å²) in [6, 6.07) is 0. The highest BCUT2D eigenvalue weighted by atomic mass is 32.1. The van der Waals surface area contributed by atoms with Gasteiger partial charge >= 0.3 is 0 Å². The van der Waals surface area contributed by atoms with E-state index >= 15 is 0 Å². The zero-order valence-corrected chi connectivity index (χ0v) is 10.1. The molecule has 0 fully saturated rings. The van der Waals surface area contributed by atoms with E-state index in [1.54, 1.807) is 20.8 Å². The molecule has 0 bridgehead atoms. The van der Waals surface area contributed by atoms with Crippen molar-refractivity contribution in [3.63, 3.8) is 0 Å². The van der Waals surface area contributed by atoms with Gasteiger partial charge in [0.15, 0.2) is 0 Å². The van der Waals surface area contributed by atoms with E-state index < -0.39 is 17.2 Å². The zero-order chi connectivity index (χ0) is 12.3. The van der Waals surface area contributed by atoms with Gasteiger partial charge in [-0.1, -0.05) is 25.2 Å². The molecule has 1 radical (unpaired) electrons. The van der Waals surface area contributed by atoms with Crippen molar-refractivity contribution < 1.29 is 9.59 Å². The molecule has 0 saturated heterocycles. The molecule has 0 aliphatic heterocycles. The lowest BCUT2D eigenvalue weighted by Crippen LogP contribution is -2.35. The van der Waals surface area contributed by atoms with Gasteiger partial charge in [0.1, 0.15) is 5.01 Å². The lowest BCUT2D eigenvalue weighted by atomic mass is 9.88. The molecule has 1 rings (SSSR count). The van der Waals surface area contributed by atoms with Crippen molar-refractivity contribution in [2.24, 2.45) is 11.1 Å². The van der Waals surface area contributed by atoms with Crippen LogP contribution in [0.5, 0.6) is 0 Å². The Hall–Kier alpha value is -1.50. The molecule has 0 saturated carbocycles. The molecule has 7 heteroatoms. The van der Waals surface area contributed by atoms with Crippen molar-refractivity contribution in [1.82, 2.24) is 10.2 Å². The summed E-state index contributed by atoms with van der Waals surface area (Å²) < 4.78 is 0. The fourth-order valence-corrected chi connectivity index (χ4v) is 1.48. The van der Waals surface area contributed by atoms with Gasteiger partial charge in [0, 0.05) is 0 Å². The van der Waals surface area contributed by atoms with Crippen LogP contribution in [0.3, 0.4) is 0 Å². The number of aryl methyl sites for hydroxylation is 1. The first-order chi connectivity index (χ1) is 7.31. The number of rotatable bonds is 4. The average molecular weight is 241 g/mol. The normalized spacial score (nSPS) is 11.2. The Labute approximate surface area is 97.2 Å². The van der Waals surface area contributed by atoms with Crippen LogP contribution < -0.4 is 11.1 Å². The van der Waals surface area contributed by atoms with Gasteiger partial charge in [0.2, 0.25) is 16.9 Å². The van der Waals surface area contributed by atoms with Gasteiger partial charge < -0.3 is 11.1 Å². The molecule has 87 valence electrons. The molecule has 0 aliphatic rings. The van der Waals surface area contributed by atoms with E-state index in [-0.39, 0.29) is 0 Å². The molecule has 0 unspecified atom stereocenters. The molecular weight excluding hydrogens is 228 g/mol. The van der Waals surface area contributed by atoms with Crippen LogP contribution in [0.1, 0.15) is 18.9 Å². The summed E-state index contributed by atoms with van der Waals surface area (Å²) in [5, 5.41) is 11.2. The molecule has 16 heavy (non-hydrogen) atoms. The molecule has 1 aromatic heterocycles. The Kier molecular flexibility index (Phi) is 3.58. The Morgan fingerprint density at radius 3 is 2.50 bits per heavy atom. The summed E-state index contributed by atoms with van der Waals surface area (Å²) in [5.41, 5.74) is 4.16. The molecule has 0 spiro atoms. The smallest absolute Gasteiger partial charge is 0.231 e. The van der Waals surface area contributed by atoms with Crippen LogP contribution in [0.25, 0.3) is 0 Å². The van der Waals surface area contributed by atoms with E-state index in [0.717, 1.165) is 5.01 Å². The first-order valence-corrected chi connectivity index (χ1v) is 5.40. The van der Waals surface area contributed by atoms with E-state index in [1.807, 2.05) is 0 Å². The fraction of sp³-hybridized carbons (Fsp3) is 0.444. The molecular formula is C9H13N4O2S. The molecule has 0 atom stereocenters. The number of aromatic nitrogens is 2. The minimum absolute atomic E-state index is 0.402. The number of nitrogens with one attached hydrogen (secondary N) is 1. The summed E-state index contributed by atoms with van der Waals surface area (Å²) in [6.45, 7) is 4.92. The molecule has 1 heterocycles. The van der Waals surface area contributed by atoms with Gasteiger partial charge in [-0.25, -0.2) is 0 Å². The number of anilines is 1. The van der Waals surface area contributed by atoms with E-state index in [0.29, 0.717) is 5.13 Å². The van der Waals surface area contributed by atoms with Gasteiger partial charge in [-0.15, -0.1) is 10.2 Å². The van der Waals surface area contributed by atoms with Crippen LogP contribution >= 0.6 is 11.3 Å². The van der Waals surface area contributed by atoms with Gasteiger partial charge in [-0.3, -0.25) is 9.59 Å². The second kappa shape index (κ2) is 4.56. The Bertz CT molecular complexity index is 413. The number of primary amides is 1. The molecule has 3 N–H and O–H groups in total. The number of nitrogens with two attached hydrogens (primary N) is 1. The topological polar surface area (TPSA) is 98.0 Å². The number of carbonyl (C=O) groups excluding carboxylic acids is 2. The third kappa shape index (κ3) is 3.27. The van der Waals surface area contributed by atoms with Crippen LogP contribution in [0.15, 0.2) is 0 Å². The van der Waals surface area contributed by atoms with E-state index in [9.17, 15) is 9.59 Å². The average Bonchev–Trinajstić information content (AvgIpc) is 2.49. The monoisotopic (exact) mass is 241 g/mol. The number of amides is 2. The highest BCUT2D eigenvalue weighted by Gasteiger charge is 2.29. The molecule has 1 aromatic rings. The van der Waals surface area contributed by atoms with Crippen LogP contribution in [-0.2, 0) is 9.59 Å². The largest absolute Gasteiger partial charge is 0.369 e. The molecule has 6 nitrogen and oxygen atoms in total. The van der Waals surface area contributed by atoms with Gasteiger partial charge in [-0.05, 0) is 6.92 Å².